The van der Waals surface area contributed by atoms with E-state index in [4.69, 9.17) is 10.7 Å². The molecule has 1 unspecified atom stereocenters. The quantitative estimate of drug-likeness (QED) is 0.849. The molecule has 4 heteroatoms. The van der Waals surface area contributed by atoms with Crippen LogP contribution < -0.4 is 10.6 Å². The Kier molecular flexibility index (Phi) is 3.97. The van der Waals surface area contributed by atoms with Gasteiger partial charge in [0.1, 0.15) is 10.8 Å². The number of hydrogen-bond acceptors (Lipinski definition) is 4. The molecule has 2 aliphatic rings. The van der Waals surface area contributed by atoms with Crippen molar-refractivity contribution in [3.05, 3.63) is 34.7 Å². The van der Waals surface area contributed by atoms with Gasteiger partial charge < -0.3 is 10.6 Å². The molecule has 0 bridgehead atoms. The minimum absolute atomic E-state index is 0.239. The normalized spacial score (nSPS) is 24.4. The molecule has 1 atom stereocenters. The molecule has 1 aliphatic carbocycles. The van der Waals surface area contributed by atoms with Crippen molar-refractivity contribution in [2.75, 3.05) is 18.0 Å². The molecule has 1 aromatic carbocycles. The van der Waals surface area contributed by atoms with Gasteiger partial charge in [-0.3, -0.25) is 0 Å². The number of thiazole rings is 1. The Labute approximate surface area is 155 Å². The third-order valence-electron chi connectivity index (χ3n) is 6.14. The Hall–Kier alpha value is -1.39. The Morgan fingerprint density at radius 1 is 1.12 bits per heavy atom. The minimum atomic E-state index is 0.239. The standard InChI is InChI=1S/C21H29N3S/c1-20(2)8-9-21(3,4)17-11-14(5-6-16(17)20)19-23-18(13-25-19)24-10-7-15(22)12-24/h5-6,11,13,15H,7-10,12,22H2,1-4H3. The van der Waals surface area contributed by atoms with Crippen LogP contribution in [0.3, 0.4) is 0 Å². The van der Waals surface area contributed by atoms with Crippen molar-refractivity contribution in [1.29, 1.82) is 0 Å². The highest BCUT2D eigenvalue weighted by Gasteiger charge is 2.37. The fraction of sp³-hybridized carbons (Fsp3) is 0.571. The maximum Gasteiger partial charge on any atom is 0.140 e. The maximum atomic E-state index is 6.05. The summed E-state index contributed by atoms with van der Waals surface area (Å²) in [4.78, 5) is 7.23. The summed E-state index contributed by atoms with van der Waals surface area (Å²) < 4.78 is 0. The van der Waals surface area contributed by atoms with Gasteiger partial charge in [-0.2, -0.15) is 0 Å². The Bertz CT molecular complexity index is 790. The summed E-state index contributed by atoms with van der Waals surface area (Å²) in [7, 11) is 0. The number of benzene rings is 1. The lowest BCUT2D eigenvalue weighted by atomic mass is 9.63. The van der Waals surface area contributed by atoms with E-state index in [1.807, 2.05) is 0 Å². The zero-order valence-corrected chi connectivity index (χ0v) is 16.6. The van der Waals surface area contributed by atoms with Gasteiger partial charge in [0.05, 0.1) is 0 Å². The largest absolute Gasteiger partial charge is 0.354 e. The topological polar surface area (TPSA) is 42.2 Å². The van der Waals surface area contributed by atoms with Crippen LogP contribution in [0.2, 0.25) is 0 Å². The highest BCUT2D eigenvalue weighted by molar-refractivity contribution is 7.13. The number of rotatable bonds is 2. The monoisotopic (exact) mass is 355 g/mol. The molecule has 1 saturated heterocycles. The molecule has 2 aromatic rings. The highest BCUT2D eigenvalue weighted by Crippen LogP contribution is 2.47. The number of nitrogens with two attached hydrogens (primary N) is 1. The maximum absolute atomic E-state index is 6.05. The van der Waals surface area contributed by atoms with Gasteiger partial charge >= 0.3 is 0 Å². The molecule has 1 fully saturated rings. The molecule has 25 heavy (non-hydrogen) atoms. The molecule has 2 N–H and O–H groups in total. The second-order valence-electron chi connectivity index (χ2n) is 9.03. The van der Waals surface area contributed by atoms with E-state index in [2.05, 4.69) is 56.2 Å². The van der Waals surface area contributed by atoms with Crippen molar-refractivity contribution in [2.45, 2.75) is 63.8 Å². The predicted octanol–water partition coefficient (Wildman–Crippen LogP) is 4.70. The van der Waals surface area contributed by atoms with Crippen molar-refractivity contribution >= 4 is 17.2 Å². The summed E-state index contributed by atoms with van der Waals surface area (Å²) in [6.07, 6.45) is 3.56. The zero-order valence-electron chi connectivity index (χ0n) is 15.8. The van der Waals surface area contributed by atoms with E-state index in [0.29, 0.717) is 0 Å². The van der Waals surface area contributed by atoms with Crippen LogP contribution >= 0.6 is 11.3 Å². The first-order valence-corrected chi connectivity index (χ1v) is 10.3. The van der Waals surface area contributed by atoms with E-state index in [-0.39, 0.29) is 16.9 Å². The highest BCUT2D eigenvalue weighted by atomic mass is 32.1. The van der Waals surface area contributed by atoms with Crippen LogP contribution in [-0.2, 0) is 10.8 Å². The average molecular weight is 356 g/mol. The summed E-state index contributed by atoms with van der Waals surface area (Å²) in [5, 5.41) is 3.31. The van der Waals surface area contributed by atoms with E-state index in [0.717, 1.165) is 30.3 Å². The zero-order chi connectivity index (χ0) is 17.8. The van der Waals surface area contributed by atoms with Gasteiger partial charge in [0.25, 0.3) is 0 Å². The van der Waals surface area contributed by atoms with Gasteiger partial charge in [-0.1, -0.05) is 39.8 Å². The van der Waals surface area contributed by atoms with Gasteiger partial charge in [-0.05, 0) is 47.3 Å². The first-order valence-electron chi connectivity index (χ1n) is 9.38. The smallest absolute Gasteiger partial charge is 0.140 e. The summed E-state index contributed by atoms with van der Waals surface area (Å²) in [5.41, 5.74) is 10.8. The van der Waals surface area contributed by atoms with Crippen LogP contribution in [0.25, 0.3) is 10.6 Å². The van der Waals surface area contributed by atoms with E-state index >= 15 is 0 Å². The summed E-state index contributed by atoms with van der Waals surface area (Å²) in [6.45, 7) is 11.5. The summed E-state index contributed by atoms with van der Waals surface area (Å²) >= 11 is 1.75. The molecular weight excluding hydrogens is 326 g/mol. The van der Waals surface area contributed by atoms with Crippen LogP contribution in [-0.4, -0.2) is 24.1 Å². The van der Waals surface area contributed by atoms with Crippen molar-refractivity contribution in [3.8, 4) is 10.6 Å². The first kappa shape index (κ1) is 17.0. The third-order valence-corrected chi connectivity index (χ3v) is 7.02. The molecule has 2 heterocycles. The van der Waals surface area contributed by atoms with Crippen LogP contribution in [0.15, 0.2) is 23.6 Å². The van der Waals surface area contributed by atoms with Gasteiger partial charge in [-0.15, -0.1) is 11.3 Å². The fourth-order valence-corrected chi connectivity index (χ4v) is 5.09. The van der Waals surface area contributed by atoms with Crippen LogP contribution in [0.4, 0.5) is 5.82 Å². The van der Waals surface area contributed by atoms with Gasteiger partial charge in [0, 0.05) is 30.1 Å². The van der Waals surface area contributed by atoms with Gasteiger partial charge in [-0.25, -0.2) is 4.98 Å². The van der Waals surface area contributed by atoms with Crippen LogP contribution in [0, 0.1) is 0 Å². The van der Waals surface area contributed by atoms with E-state index < -0.39 is 0 Å². The molecule has 0 saturated carbocycles. The van der Waals surface area contributed by atoms with E-state index in [1.54, 1.807) is 11.3 Å². The Morgan fingerprint density at radius 2 is 1.84 bits per heavy atom. The lowest BCUT2D eigenvalue weighted by Gasteiger charge is -2.42. The predicted molar refractivity (Wildman–Crippen MR) is 108 cm³/mol. The Balaban J connectivity index is 1.70. The number of nitrogens with zero attached hydrogens (tertiary/aromatic N) is 2. The molecule has 4 rings (SSSR count). The molecule has 0 radical (unpaired) electrons. The van der Waals surface area contributed by atoms with Gasteiger partial charge in [0.15, 0.2) is 0 Å². The van der Waals surface area contributed by atoms with Crippen LogP contribution in [0.5, 0.6) is 0 Å². The van der Waals surface area contributed by atoms with Gasteiger partial charge in [0.2, 0.25) is 0 Å². The molecule has 3 nitrogen and oxygen atoms in total. The van der Waals surface area contributed by atoms with Crippen molar-refractivity contribution in [2.24, 2.45) is 5.73 Å². The number of aromatic nitrogens is 1. The molecule has 1 aromatic heterocycles. The first-order chi connectivity index (χ1) is 11.8. The third kappa shape index (κ3) is 3.00. The number of anilines is 1. The average Bonchev–Trinajstić information content (AvgIpc) is 3.20. The minimum Gasteiger partial charge on any atom is -0.354 e. The second-order valence-corrected chi connectivity index (χ2v) is 9.89. The molecular formula is C21H29N3S. The van der Waals surface area contributed by atoms with E-state index in [9.17, 15) is 0 Å². The van der Waals surface area contributed by atoms with Crippen LogP contribution in [0.1, 0.15) is 58.1 Å². The molecule has 0 spiro atoms. The van der Waals surface area contributed by atoms with E-state index in [1.165, 1.54) is 29.5 Å². The molecule has 1 aliphatic heterocycles. The lowest BCUT2D eigenvalue weighted by molar-refractivity contribution is 0.332. The SMILES string of the molecule is CC1(C)CCC(C)(C)c2cc(-c3nc(N4CCC(N)C4)cs3)ccc21. The van der Waals surface area contributed by atoms with Crippen molar-refractivity contribution in [3.63, 3.8) is 0 Å². The molecule has 134 valence electrons. The number of hydrogen-bond donors (Lipinski definition) is 1. The molecule has 0 amide bonds. The fourth-order valence-electron chi connectivity index (χ4n) is 4.26. The second kappa shape index (κ2) is 5.82. The van der Waals surface area contributed by atoms with Crippen molar-refractivity contribution in [1.82, 2.24) is 4.98 Å². The Morgan fingerprint density at radius 3 is 2.52 bits per heavy atom. The van der Waals surface area contributed by atoms with Crippen molar-refractivity contribution < 1.29 is 0 Å². The summed E-state index contributed by atoms with van der Waals surface area (Å²) in [5.74, 6) is 1.09. The number of fused-ring (bicyclic) bond motifs is 1. The lowest BCUT2D eigenvalue weighted by Crippen LogP contribution is -2.33. The summed E-state index contributed by atoms with van der Waals surface area (Å²) in [6, 6.07) is 7.30.